The van der Waals surface area contributed by atoms with Crippen molar-refractivity contribution in [3.63, 3.8) is 0 Å². The standard InChI is InChI=1S/C25H43N3O5/c1-16(2)22-27-20(23(30)28(22)13-14-32-17(3)4)21(29)19(15-18-11-9-8-10-12-18)26-24(31)33-25(5,6)7/h8-11,16-22,27,29H,12-15H2,1-7H3,(H,26,31)/t18?,19-,20-,21-,22?/m0/s1. The van der Waals surface area contributed by atoms with Gasteiger partial charge >= 0.3 is 6.09 Å². The molecule has 2 aliphatic rings. The van der Waals surface area contributed by atoms with Gasteiger partial charge in [-0.1, -0.05) is 38.2 Å². The monoisotopic (exact) mass is 465 g/mol. The number of alkyl carbamates (subject to hydrolysis) is 1. The molecule has 2 rings (SSSR count). The first-order chi connectivity index (χ1) is 15.4. The summed E-state index contributed by atoms with van der Waals surface area (Å²) in [6.07, 6.45) is 7.53. The third kappa shape index (κ3) is 8.43. The van der Waals surface area contributed by atoms with Crippen molar-refractivity contribution in [1.29, 1.82) is 0 Å². The molecule has 5 atom stereocenters. The fraction of sp³-hybridized carbons (Fsp3) is 0.760. The van der Waals surface area contributed by atoms with Crippen molar-refractivity contribution in [2.24, 2.45) is 11.8 Å². The van der Waals surface area contributed by atoms with Crippen LogP contribution in [0.1, 0.15) is 61.3 Å². The van der Waals surface area contributed by atoms with Crippen molar-refractivity contribution >= 4 is 12.0 Å². The molecular formula is C25H43N3O5. The van der Waals surface area contributed by atoms with Crippen molar-refractivity contribution in [2.45, 2.75) is 97.4 Å². The molecule has 8 heteroatoms. The highest BCUT2D eigenvalue weighted by molar-refractivity contribution is 5.85. The predicted molar refractivity (Wildman–Crippen MR) is 129 cm³/mol. The lowest BCUT2D eigenvalue weighted by Crippen LogP contribution is -2.55. The minimum Gasteiger partial charge on any atom is -0.444 e. The zero-order valence-electron chi connectivity index (χ0n) is 21.2. The average Bonchev–Trinajstić information content (AvgIpc) is 3.03. The molecule has 2 amide bonds. The Kier molecular flexibility index (Phi) is 9.94. The van der Waals surface area contributed by atoms with Gasteiger partial charge in [0.25, 0.3) is 0 Å². The van der Waals surface area contributed by atoms with E-state index in [0.29, 0.717) is 19.6 Å². The fourth-order valence-electron chi connectivity index (χ4n) is 4.20. The van der Waals surface area contributed by atoms with E-state index in [1.54, 1.807) is 25.7 Å². The van der Waals surface area contributed by atoms with Crippen molar-refractivity contribution in [3.8, 4) is 0 Å². The van der Waals surface area contributed by atoms with Crippen LogP contribution in [0.4, 0.5) is 4.79 Å². The zero-order chi connectivity index (χ0) is 24.8. The number of carbonyl (C=O) groups is 2. The van der Waals surface area contributed by atoms with Gasteiger partial charge in [0, 0.05) is 6.54 Å². The van der Waals surface area contributed by atoms with E-state index in [4.69, 9.17) is 9.47 Å². The molecule has 0 bridgehead atoms. The Morgan fingerprint density at radius 3 is 2.52 bits per heavy atom. The van der Waals surface area contributed by atoms with Crippen LogP contribution >= 0.6 is 0 Å². The molecule has 0 saturated carbocycles. The van der Waals surface area contributed by atoms with Crippen LogP contribution in [0.5, 0.6) is 0 Å². The Morgan fingerprint density at radius 1 is 1.27 bits per heavy atom. The first-order valence-corrected chi connectivity index (χ1v) is 12.1. The third-order valence-electron chi connectivity index (χ3n) is 5.73. The lowest BCUT2D eigenvalue weighted by molar-refractivity contribution is -0.133. The summed E-state index contributed by atoms with van der Waals surface area (Å²) in [5.41, 5.74) is -0.662. The quantitative estimate of drug-likeness (QED) is 0.459. The Labute approximate surface area is 198 Å². The molecule has 33 heavy (non-hydrogen) atoms. The van der Waals surface area contributed by atoms with Crippen molar-refractivity contribution in [1.82, 2.24) is 15.5 Å². The predicted octanol–water partition coefficient (Wildman–Crippen LogP) is 2.97. The molecule has 3 N–H and O–H groups in total. The highest BCUT2D eigenvalue weighted by atomic mass is 16.6. The maximum atomic E-state index is 13.3. The Hall–Kier alpha value is -1.90. The number of allylic oxidation sites excluding steroid dienone is 4. The van der Waals surface area contributed by atoms with Crippen LogP contribution in [0.25, 0.3) is 0 Å². The maximum absolute atomic E-state index is 13.3. The molecular weight excluding hydrogens is 422 g/mol. The summed E-state index contributed by atoms with van der Waals surface area (Å²) in [7, 11) is 0. The summed E-state index contributed by atoms with van der Waals surface area (Å²) in [5.74, 6) is 0.120. The smallest absolute Gasteiger partial charge is 0.407 e. The van der Waals surface area contributed by atoms with Crippen LogP contribution in [0.2, 0.25) is 0 Å². The van der Waals surface area contributed by atoms with E-state index in [1.165, 1.54) is 0 Å². The first kappa shape index (κ1) is 27.3. The topological polar surface area (TPSA) is 100 Å². The third-order valence-corrected chi connectivity index (χ3v) is 5.73. The van der Waals surface area contributed by atoms with Crippen LogP contribution in [-0.4, -0.2) is 71.2 Å². The van der Waals surface area contributed by atoms with E-state index in [1.807, 2.05) is 39.8 Å². The van der Waals surface area contributed by atoms with Gasteiger partial charge in [-0.2, -0.15) is 0 Å². The summed E-state index contributed by atoms with van der Waals surface area (Å²) in [6.45, 7) is 14.2. The SMILES string of the molecule is CC(C)OCCN1C(=O)[C@H]([C@@H](O)[C@H](CC2C=CC=CC2)NC(=O)OC(C)(C)C)NC1C(C)C. The molecule has 0 spiro atoms. The van der Waals surface area contributed by atoms with Gasteiger partial charge in [0.1, 0.15) is 11.6 Å². The molecule has 8 nitrogen and oxygen atoms in total. The highest BCUT2D eigenvalue weighted by Gasteiger charge is 2.46. The summed E-state index contributed by atoms with van der Waals surface area (Å²) in [4.78, 5) is 27.6. The number of hydrogen-bond acceptors (Lipinski definition) is 6. The van der Waals surface area contributed by atoms with Crippen molar-refractivity contribution in [2.75, 3.05) is 13.2 Å². The number of amides is 2. The number of nitrogens with zero attached hydrogens (tertiary/aromatic N) is 1. The molecule has 2 unspecified atom stereocenters. The second-order valence-corrected chi connectivity index (χ2v) is 10.6. The van der Waals surface area contributed by atoms with Gasteiger partial charge in [0.2, 0.25) is 5.91 Å². The summed E-state index contributed by atoms with van der Waals surface area (Å²) >= 11 is 0. The number of aliphatic hydroxyl groups is 1. The molecule has 1 saturated heterocycles. The number of aliphatic hydroxyl groups excluding tert-OH is 1. The van der Waals surface area contributed by atoms with Gasteiger partial charge in [-0.15, -0.1) is 0 Å². The highest BCUT2D eigenvalue weighted by Crippen LogP contribution is 2.25. The molecule has 0 aromatic heterocycles. The summed E-state index contributed by atoms with van der Waals surface area (Å²) in [5, 5.41) is 17.5. The fourth-order valence-corrected chi connectivity index (χ4v) is 4.20. The Morgan fingerprint density at radius 2 is 1.97 bits per heavy atom. The largest absolute Gasteiger partial charge is 0.444 e. The number of hydrogen-bond donors (Lipinski definition) is 3. The van der Waals surface area contributed by atoms with Gasteiger partial charge < -0.3 is 24.8 Å². The second-order valence-electron chi connectivity index (χ2n) is 10.6. The second kappa shape index (κ2) is 12.0. The molecule has 1 heterocycles. The van der Waals surface area contributed by atoms with Gasteiger partial charge in [-0.25, -0.2) is 4.79 Å². The van der Waals surface area contributed by atoms with Crippen LogP contribution in [0.15, 0.2) is 24.3 Å². The van der Waals surface area contributed by atoms with E-state index in [2.05, 4.69) is 22.8 Å². The lowest BCUT2D eigenvalue weighted by atomic mass is 9.89. The van der Waals surface area contributed by atoms with Gasteiger partial charge in [-0.3, -0.25) is 10.1 Å². The summed E-state index contributed by atoms with van der Waals surface area (Å²) < 4.78 is 11.1. The lowest BCUT2D eigenvalue weighted by Gasteiger charge is -2.31. The molecule has 1 aliphatic heterocycles. The minimum atomic E-state index is -1.11. The molecule has 1 aliphatic carbocycles. The molecule has 188 valence electrons. The van der Waals surface area contributed by atoms with Crippen LogP contribution < -0.4 is 10.6 Å². The van der Waals surface area contributed by atoms with Gasteiger partial charge in [-0.05, 0) is 59.3 Å². The van der Waals surface area contributed by atoms with E-state index < -0.39 is 29.9 Å². The number of nitrogens with one attached hydrogen (secondary N) is 2. The van der Waals surface area contributed by atoms with E-state index >= 15 is 0 Å². The van der Waals surface area contributed by atoms with Crippen LogP contribution in [0, 0.1) is 11.8 Å². The Bertz CT molecular complexity index is 713. The van der Waals surface area contributed by atoms with Gasteiger partial charge in [0.05, 0.1) is 31.0 Å². The number of rotatable bonds is 10. The molecule has 1 fully saturated rings. The van der Waals surface area contributed by atoms with Crippen LogP contribution in [0.3, 0.4) is 0 Å². The molecule has 0 aromatic rings. The van der Waals surface area contributed by atoms with Crippen molar-refractivity contribution < 1.29 is 24.2 Å². The minimum absolute atomic E-state index is 0.0783. The van der Waals surface area contributed by atoms with E-state index in [9.17, 15) is 14.7 Å². The van der Waals surface area contributed by atoms with Crippen molar-refractivity contribution in [3.05, 3.63) is 24.3 Å². The summed E-state index contributed by atoms with van der Waals surface area (Å²) in [6, 6.07) is -1.47. The van der Waals surface area contributed by atoms with Crippen LogP contribution in [-0.2, 0) is 14.3 Å². The van der Waals surface area contributed by atoms with E-state index in [-0.39, 0.29) is 30.0 Å². The Balaban J connectivity index is 2.17. The maximum Gasteiger partial charge on any atom is 0.407 e. The number of ether oxygens (including phenoxy) is 2. The zero-order valence-corrected chi connectivity index (χ0v) is 21.2. The normalized spacial score (nSPS) is 25.1. The molecule has 0 radical (unpaired) electrons. The van der Waals surface area contributed by atoms with Gasteiger partial charge in [0.15, 0.2) is 0 Å². The number of carbonyl (C=O) groups excluding carboxylic acids is 2. The average molecular weight is 466 g/mol. The molecule has 0 aromatic carbocycles. The first-order valence-electron chi connectivity index (χ1n) is 12.1. The van der Waals surface area contributed by atoms with E-state index in [0.717, 1.165) is 6.42 Å².